The normalized spacial score (nSPS) is 9.73. The molecule has 0 heterocycles. The topological polar surface area (TPSA) is 66.4 Å². The van der Waals surface area contributed by atoms with E-state index in [-0.39, 0.29) is 17.1 Å². The van der Waals surface area contributed by atoms with Crippen LogP contribution in [-0.2, 0) is 4.79 Å². The van der Waals surface area contributed by atoms with E-state index in [9.17, 15) is 9.59 Å². The Morgan fingerprint density at radius 3 is 2.67 bits per heavy atom. The van der Waals surface area contributed by atoms with E-state index in [1.807, 2.05) is 22.6 Å². The minimum Gasteiger partial charge on any atom is -0.478 e. The number of halogens is 2. The first-order valence-corrected chi connectivity index (χ1v) is 5.54. The van der Waals surface area contributed by atoms with E-state index in [0.29, 0.717) is 0 Å². The summed E-state index contributed by atoms with van der Waals surface area (Å²) in [5.41, 5.74) is 0.314. The van der Waals surface area contributed by atoms with Gasteiger partial charge in [-0.2, -0.15) is 0 Å². The highest BCUT2D eigenvalue weighted by molar-refractivity contribution is 14.1. The molecule has 0 radical (unpaired) electrons. The van der Waals surface area contributed by atoms with Gasteiger partial charge in [-0.15, -0.1) is 11.6 Å². The molecule has 1 amide bonds. The molecule has 0 unspecified atom stereocenters. The van der Waals surface area contributed by atoms with Crippen molar-refractivity contribution >= 4 is 51.8 Å². The Kier molecular flexibility index (Phi) is 4.34. The number of nitrogens with one attached hydrogen (secondary N) is 1. The predicted octanol–water partition coefficient (Wildman–Crippen LogP) is 2.17. The Bertz CT molecular complexity index is 408. The van der Waals surface area contributed by atoms with E-state index < -0.39 is 11.9 Å². The zero-order chi connectivity index (χ0) is 11.4. The molecule has 0 aliphatic rings. The number of carbonyl (C=O) groups is 2. The van der Waals surface area contributed by atoms with Crippen LogP contribution in [0.15, 0.2) is 18.2 Å². The second-order valence-electron chi connectivity index (χ2n) is 2.68. The molecule has 0 bridgehead atoms. The molecule has 0 saturated carbocycles. The molecule has 6 heteroatoms. The Hall–Kier alpha value is -0.820. The molecule has 0 aromatic heterocycles. The largest absolute Gasteiger partial charge is 0.478 e. The highest BCUT2D eigenvalue weighted by Gasteiger charge is 2.12. The van der Waals surface area contributed by atoms with Crippen LogP contribution in [0.4, 0.5) is 5.69 Å². The fourth-order valence-corrected chi connectivity index (χ4v) is 1.54. The molecule has 1 aromatic rings. The van der Waals surface area contributed by atoms with Gasteiger partial charge in [0.15, 0.2) is 0 Å². The first kappa shape index (κ1) is 12.3. The molecule has 80 valence electrons. The number of amides is 1. The van der Waals surface area contributed by atoms with Crippen molar-refractivity contribution in [3.8, 4) is 0 Å². The molecule has 0 saturated heterocycles. The van der Waals surface area contributed by atoms with Crippen molar-refractivity contribution < 1.29 is 14.7 Å². The summed E-state index contributed by atoms with van der Waals surface area (Å²) in [6, 6.07) is 4.72. The van der Waals surface area contributed by atoms with E-state index in [4.69, 9.17) is 16.7 Å². The smallest absolute Gasteiger partial charge is 0.337 e. The minimum atomic E-state index is -1.08. The van der Waals surface area contributed by atoms with Crippen LogP contribution >= 0.6 is 34.2 Å². The molecule has 0 atom stereocenters. The third kappa shape index (κ3) is 3.35. The van der Waals surface area contributed by atoms with Crippen molar-refractivity contribution in [3.05, 3.63) is 27.3 Å². The van der Waals surface area contributed by atoms with Gasteiger partial charge in [0.1, 0.15) is 5.88 Å². The van der Waals surface area contributed by atoms with Crippen LogP contribution < -0.4 is 5.32 Å². The summed E-state index contributed by atoms with van der Waals surface area (Å²) in [6.07, 6.45) is 0. The quantitative estimate of drug-likeness (QED) is 0.655. The number of carbonyl (C=O) groups excluding carboxylic acids is 1. The second-order valence-corrected chi connectivity index (χ2v) is 4.19. The van der Waals surface area contributed by atoms with Gasteiger partial charge in [-0.1, -0.05) is 0 Å². The SMILES string of the molecule is O=C(CCl)Nc1ccc(I)cc1C(=O)O. The van der Waals surface area contributed by atoms with Crippen LogP contribution in [-0.4, -0.2) is 22.9 Å². The van der Waals surface area contributed by atoms with Crippen LogP contribution in [0.2, 0.25) is 0 Å². The molecule has 4 nitrogen and oxygen atoms in total. The molecule has 0 aliphatic heterocycles. The van der Waals surface area contributed by atoms with Crippen LogP contribution in [0.1, 0.15) is 10.4 Å². The number of benzene rings is 1. The Labute approximate surface area is 105 Å². The molecule has 2 N–H and O–H groups in total. The number of carboxylic acid groups (broad SMARTS) is 1. The number of hydrogen-bond acceptors (Lipinski definition) is 2. The van der Waals surface area contributed by atoms with Crippen LogP contribution in [0, 0.1) is 3.57 Å². The molecule has 0 fully saturated rings. The average Bonchev–Trinajstić information content (AvgIpc) is 2.20. The van der Waals surface area contributed by atoms with Crippen molar-refractivity contribution in [1.29, 1.82) is 0 Å². The molecule has 0 spiro atoms. The van der Waals surface area contributed by atoms with E-state index in [0.717, 1.165) is 3.57 Å². The van der Waals surface area contributed by atoms with E-state index >= 15 is 0 Å². The molecule has 1 aromatic carbocycles. The average molecular weight is 340 g/mol. The van der Waals surface area contributed by atoms with Gasteiger partial charge in [-0.3, -0.25) is 4.79 Å². The number of hydrogen-bond donors (Lipinski definition) is 2. The lowest BCUT2D eigenvalue weighted by atomic mass is 10.2. The van der Waals surface area contributed by atoms with E-state index in [1.165, 1.54) is 12.1 Å². The number of alkyl halides is 1. The van der Waals surface area contributed by atoms with E-state index in [1.54, 1.807) is 6.07 Å². The lowest BCUT2D eigenvalue weighted by molar-refractivity contribution is -0.113. The lowest BCUT2D eigenvalue weighted by Crippen LogP contribution is -2.15. The monoisotopic (exact) mass is 339 g/mol. The van der Waals surface area contributed by atoms with Gasteiger partial charge < -0.3 is 10.4 Å². The predicted molar refractivity (Wildman–Crippen MR) is 65.5 cm³/mol. The summed E-state index contributed by atoms with van der Waals surface area (Å²) < 4.78 is 0.786. The van der Waals surface area contributed by atoms with Crippen LogP contribution in [0.3, 0.4) is 0 Å². The fourth-order valence-electron chi connectivity index (χ4n) is 0.986. The van der Waals surface area contributed by atoms with Gasteiger partial charge in [0, 0.05) is 3.57 Å². The first-order chi connectivity index (χ1) is 7.04. The van der Waals surface area contributed by atoms with Gasteiger partial charge in [0.05, 0.1) is 11.3 Å². The van der Waals surface area contributed by atoms with Crippen molar-refractivity contribution in [1.82, 2.24) is 0 Å². The zero-order valence-electron chi connectivity index (χ0n) is 7.46. The highest BCUT2D eigenvalue weighted by atomic mass is 127. The number of aromatic carboxylic acids is 1. The fraction of sp³-hybridized carbons (Fsp3) is 0.111. The van der Waals surface area contributed by atoms with Crippen molar-refractivity contribution in [3.63, 3.8) is 0 Å². The maximum Gasteiger partial charge on any atom is 0.337 e. The summed E-state index contributed by atoms with van der Waals surface area (Å²) in [5.74, 6) is -1.72. The second kappa shape index (κ2) is 5.32. The molecular formula is C9H7ClINO3. The molecule has 1 rings (SSSR count). The Morgan fingerprint density at radius 1 is 1.47 bits per heavy atom. The number of rotatable bonds is 3. The lowest BCUT2D eigenvalue weighted by Gasteiger charge is -2.07. The summed E-state index contributed by atoms with van der Waals surface area (Å²) >= 11 is 7.30. The summed E-state index contributed by atoms with van der Waals surface area (Å²) in [4.78, 5) is 21.9. The van der Waals surface area contributed by atoms with Crippen LogP contribution in [0.5, 0.6) is 0 Å². The highest BCUT2D eigenvalue weighted by Crippen LogP contribution is 2.18. The molecule has 0 aliphatic carbocycles. The molecule has 15 heavy (non-hydrogen) atoms. The summed E-state index contributed by atoms with van der Waals surface area (Å²) in [6.45, 7) is 0. The zero-order valence-corrected chi connectivity index (χ0v) is 10.4. The molecular weight excluding hydrogens is 332 g/mol. The minimum absolute atomic E-state index is 0.0559. The summed E-state index contributed by atoms with van der Waals surface area (Å²) in [5, 5.41) is 11.3. The van der Waals surface area contributed by atoms with Gasteiger partial charge in [-0.05, 0) is 40.8 Å². The Balaban J connectivity index is 3.06. The van der Waals surface area contributed by atoms with Gasteiger partial charge in [0.25, 0.3) is 0 Å². The summed E-state index contributed by atoms with van der Waals surface area (Å²) in [7, 11) is 0. The standard InChI is InChI=1S/C9H7ClINO3/c10-4-8(13)12-7-2-1-5(11)3-6(7)9(14)15/h1-3H,4H2,(H,12,13)(H,14,15). The van der Waals surface area contributed by atoms with Crippen molar-refractivity contribution in [2.75, 3.05) is 11.2 Å². The maximum atomic E-state index is 11.0. The maximum absolute atomic E-state index is 11.0. The van der Waals surface area contributed by atoms with Gasteiger partial charge in [0.2, 0.25) is 5.91 Å². The number of anilines is 1. The van der Waals surface area contributed by atoms with Gasteiger partial charge >= 0.3 is 5.97 Å². The van der Waals surface area contributed by atoms with Crippen molar-refractivity contribution in [2.24, 2.45) is 0 Å². The third-order valence-electron chi connectivity index (χ3n) is 1.61. The van der Waals surface area contributed by atoms with E-state index in [2.05, 4.69) is 5.32 Å². The number of carboxylic acids is 1. The van der Waals surface area contributed by atoms with Crippen LogP contribution in [0.25, 0.3) is 0 Å². The first-order valence-electron chi connectivity index (χ1n) is 3.93. The third-order valence-corrected chi connectivity index (χ3v) is 2.52. The Morgan fingerprint density at radius 2 is 2.13 bits per heavy atom. The van der Waals surface area contributed by atoms with Gasteiger partial charge in [-0.25, -0.2) is 4.79 Å². The van der Waals surface area contributed by atoms with Crippen molar-refractivity contribution in [2.45, 2.75) is 0 Å².